The van der Waals surface area contributed by atoms with Crippen molar-refractivity contribution in [1.29, 1.82) is 0 Å². The second-order valence-electron chi connectivity index (χ2n) is 8.66. The minimum atomic E-state index is -4.46. The largest absolute Gasteiger partial charge is 0.416 e. The number of halogens is 3. The molecule has 1 unspecified atom stereocenters. The molecule has 8 nitrogen and oxygen atoms in total. The zero-order valence-electron chi connectivity index (χ0n) is 19.3. The van der Waals surface area contributed by atoms with Crippen molar-refractivity contribution in [3.05, 3.63) is 35.7 Å². The Morgan fingerprint density at radius 3 is 2.62 bits per heavy atom. The molecule has 0 bridgehead atoms. The molecule has 2 aromatic rings. The van der Waals surface area contributed by atoms with Gasteiger partial charge in [-0.25, -0.2) is 9.97 Å². The number of nitrogens with one attached hydrogen (secondary N) is 1. The number of hydrogen-bond donors (Lipinski definition) is 1. The molecule has 2 saturated heterocycles. The number of rotatable bonds is 5. The average molecular weight is 479 g/mol. The van der Waals surface area contributed by atoms with Gasteiger partial charge in [0.05, 0.1) is 24.0 Å². The fraction of sp³-hybridized carbons (Fsp3) is 0.565. The lowest BCUT2D eigenvalue weighted by atomic mass is 9.93. The average Bonchev–Trinajstić information content (AvgIpc) is 2.83. The van der Waals surface area contributed by atoms with Gasteiger partial charge in [-0.3, -0.25) is 4.79 Å². The molecule has 11 heteroatoms. The Kier molecular flexibility index (Phi) is 7.20. The number of likely N-dealkylation sites (tertiary alicyclic amines) is 1. The molecule has 1 amide bonds. The fourth-order valence-electron chi connectivity index (χ4n) is 4.31. The fourth-order valence-corrected chi connectivity index (χ4v) is 4.31. The van der Waals surface area contributed by atoms with Gasteiger partial charge in [-0.2, -0.15) is 18.2 Å². The van der Waals surface area contributed by atoms with Crippen molar-refractivity contribution in [3.63, 3.8) is 0 Å². The molecule has 0 saturated carbocycles. The van der Waals surface area contributed by atoms with Crippen LogP contribution in [0.4, 0.5) is 30.8 Å². The predicted molar refractivity (Wildman–Crippen MR) is 121 cm³/mol. The van der Waals surface area contributed by atoms with Crippen LogP contribution in [0.5, 0.6) is 0 Å². The van der Waals surface area contributed by atoms with E-state index in [9.17, 15) is 18.0 Å². The van der Waals surface area contributed by atoms with Gasteiger partial charge in [0.1, 0.15) is 11.6 Å². The van der Waals surface area contributed by atoms with Crippen molar-refractivity contribution in [2.45, 2.75) is 51.3 Å². The van der Waals surface area contributed by atoms with Crippen molar-refractivity contribution in [2.24, 2.45) is 0 Å². The third kappa shape index (κ3) is 5.75. The normalized spacial score (nSPS) is 19.9. The monoisotopic (exact) mass is 478 g/mol. The number of morpholine rings is 1. The number of amides is 1. The molecule has 0 spiro atoms. The van der Waals surface area contributed by atoms with Gasteiger partial charge in [0.15, 0.2) is 0 Å². The highest BCUT2D eigenvalue weighted by molar-refractivity contribution is 5.73. The molecule has 4 rings (SSSR count). The number of carbonyl (C=O) groups excluding carboxylic acids is 1. The number of carbonyl (C=O) groups is 1. The number of hydrogen-bond acceptors (Lipinski definition) is 7. The van der Waals surface area contributed by atoms with E-state index in [2.05, 4.69) is 27.1 Å². The van der Waals surface area contributed by atoms with Gasteiger partial charge in [-0.15, -0.1) is 0 Å². The minimum Gasteiger partial charge on any atom is -0.375 e. The van der Waals surface area contributed by atoms with E-state index in [-0.39, 0.29) is 23.7 Å². The maximum atomic E-state index is 13.2. The van der Waals surface area contributed by atoms with Crippen molar-refractivity contribution in [2.75, 3.05) is 43.0 Å². The van der Waals surface area contributed by atoms with Gasteiger partial charge < -0.3 is 19.9 Å². The summed E-state index contributed by atoms with van der Waals surface area (Å²) in [5.41, 5.74) is 0.0253. The second-order valence-corrected chi connectivity index (χ2v) is 8.66. The third-order valence-electron chi connectivity index (χ3n) is 6.31. The number of anilines is 3. The molecule has 2 aromatic heterocycles. The van der Waals surface area contributed by atoms with Crippen LogP contribution >= 0.6 is 0 Å². The van der Waals surface area contributed by atoms with E-state index in [0.29, 0.717) is 44.6 Å². The van der Waals surface area contributed by atoms with E-state index in [1.54, 1.807) is 13.0 Å². The van der Waals surface area contributed by atoms with Gasteiger partial charge >= 0.3 is 6.18 Å². The Morgan fingerprint density at radius 1 is 1.18 bits per heavy atom. The molecule has 2 fully saturated rings. The Bertz CT molecular complexity index is 1010. The maximum absolute atomic E-state index is 13.2. The van der Waals surface area contributed by atoms with Gasteiger partial charge in [0, 0.05) is 51.3 Å². The standard InChI is InChI=1S/C23H29F3N6O2/c1-3-18-14-32(10-11-34-18)22-28-19(16-5-8-31(9-6-16)15(2)33)13-21(30-22)29-20-12-17(4-7-27-20)23(24,25)26/h4,7,12-13,16,18H,3,5-6,8-11,14H2,1-2H3,(H,27,28,29,30). The van der Waals surface area contributed by atoms with E-state index < -0.39 is 11.7 Å². The van der Waals surface area contributed by atoms with Crippen molar-refractivity contribution in [3.8, 4) is 0 Å². The van der Waals surface area contributed by atoms with Gasteiger partial charge in [0.2, 0.25) is 11.9 Å². The van der Waals surface area contributed by atoms with E-state index in [4.69, 9.17) is 9.72 Å². The van der Waals surface area contributed by atoms with E-state index in [1.165, 1.54) is 0 Å². The summed E-state index contributed by atoms with van der Waals surface area (Å²) in [5.74, 6) is 1.14. The number of pyridine rings is 1. The molecule has 0 radical (unpaired) electrons. The van der Waals surface area contributed by atoms with E-state index in [0.717, 1.165) is 43.3 Å². The molecular formula is C23H29F3N6O2. The van der Waals surface area contributed by atoms with Crippen molar-refractivity contribution < 1.29 is 22.7 Å². The van der Waals surface area contributed by atoms with E-state index in [1.807, 2.05) is 4.90 Å². The van der Waals surface area contributed by atoms with Gasteiger partial charge in [-0.05, 0) is 31.4 Å². The molecule has 0 aromatic carbocycles. The van der Waals surface area contributed by atoms with Gasteiger partial charge in [-0.1, -0.05) is 6.92 Å². The van der Waals surface area contributed by atoms with Crippen LogP contribution in [0.3, 0.4) is 0 Å². The molecule has 1 atom stereocenters. The molecule has 4 heterocycles. The third-order valence-corrected chi connectivity index (χ3v) is 6.31. The van der Waals surface area contributed by atoms with Crippen LogP contribution in [-0.4, -0.2) is 64.6 Å². The van der Waals surface area contributed by atoms with Crippen LogP contribution < -0.4 is 10.2 Å². The summed E-state index contributed by atoms with van der Waals surface area (Å²) >= 11 is 0. The Morgan fingerprint density at radius 2 is 1.94 bits per heavy atom. The Labute approximate surface area is 196 Å². The van der Waals surface area contributed by atoms with Crippen LogP contribution in [0.25, 0.3) is 0 Å². The number of piperidine rings is 1. The molecule has 184 valence electrons. The Balaban J connectivity index is 1.63. The summed E-state index contributed by atoms with van der Waals surface area (Å²) in [5, 5.41) is 2.94. The maximum Gasteiger partial charge on any atom is 0.416 e. The lowest BCUT2D eigenvalue weighted by Crippen LogP contribution is -2.43. The topological polar surface area (TPSA) is 83.5 Å². The summed E-state index contributed by atoms with van der Waals surface area (Å²) in [6.45, 7) is 6.74. The molecule has 1 N–H and O–H groups in total. The summed E-state index contributed by atoms with van der Waals surface area (Å²) in [4.78, 5) is 29.1. The summed E-state index contributed by atoms with van der Waals surface area (Å²) in [7, 11) is 0. The van der Waals surface area contributed by atoms with Crippen molar-refractivity contribution in [1.82, 2.24) is 19.9 Å². The summed E-state index contributed by atoms with van der Waals surface area (Å²) < 4.78 is 45.2. The van der Waals surface area contributed by atoms with Crippen LogP contribution in [-0.2, 0) is 15.7 Å². The highest BCUT2D eigenvalue weighted by Crippen LogP contribution is 2.32. The molecule has 34 heavy (non-hydrogen) atoms. The highest BCUT2D eigenvalue weighted by Gasteiger charge is 2.31. The zero-order chi connectivity index (χ0) is 24.3. The number of alkyl halides is 3. The first-order chi connectivity index (χ1) is 16.2. The second kappa shape index (κ2) is 10.1. The van der Waals surface area contributed by atoms with Crippen LogP contribution in [0.2, 0.25) is 0 Å². The summed E-state index contributed by atoms with van der Waals surface area (Å²) in [6.07, 6.45) is -0.884. The van der Waals surface area contributed by atoms with Crippen LogP contribution in [0.15, 0.2) is 24.4 Å². The zero-order valence-corrected chi connectivity index (χ0v) is 19.3. The smallest absolute Gasteiger partial charge is 0.375 e. The first kappa shape index (κ1) is 24.2. The molecule has 2 aliphatic heterocycles. The quantitative estimate of drug-likeness (QED) is 0.696. The number of nitrogens with zero attached hydrogens (tertiary/aromatic N) is 5. The summed E-state index contributed by atoms with van der Waals surface area (Å²) in [6, 6.07) is 3.68. The number of aromatic nitrogens is 3. The van der Waals surface area contributed by atoms with Crippen LogP contribution in [0, 0.1) is 0 Å². The minimum absolute atomic E-state index is 0.0544. The Hall–Kier alpha value is -2.95. The van der Waals surface area contributed by atoms with Crippen LogP contribution in [0.1, 0.15) is 50.3 Å². The highest BCUT2D eigenvalue weighted by atomic mass is 19.4. The first-order valence-electron chi connectivity index (χ1n) is 11.5. The lowest BCUT2D eigenvalue weighted by Gasteiger charge is -2.34. The molecule has 2 aliphatic rings. The molecule has 0 aliphatic carbocycles. The molecular weight excluding hydrogens is 449 g/mol. The predicted octanol–water partition coefficient (Wildman–Crippen LogP) is 3.98. The van der Waals surface area contributed by atoms with Gasteiger partial charge in [0.25, 0.3) is 0 Å². The lowest BCUT2D eigenvalue weighted by molar-refractivity contribution is -0.137. The first-order valence-corrected chi connectivity index (χ1v) is 11.5. The SMILES string of the molecule is CCC1CN(c2nc(Nc3cc(C(F)(F)F)ccn3)cc(C3CCN(C(C)=O)CC3)n2)CCO1. The van der Waals surface area contributed by atoms with E-state index >= 15 is 0 Å². The number of ether oxygens (including phenoxy) is 1. The van der Waals surface area contributed by atoms with Crippen molar-refractivity contribution >= 4 is 23.5 Å².